The fraction of sp³-hybridized carbons (Fsp3) is 0.538. The fourth-order valence-electron chi connectivity index (χ4n) is 2.57. The van der Waals surface area contributed by atoms with E-state index in [1.807, 2.05) is 0 Å². The van der Waals surface area contributed by atoms with Crippen LogP contribution in [0.25, 0.3) is 0 Å². The molecule has 0 aliphatic carbocycles. The summed E-state index contributed by atoms with van der Waals surface area (Å²) in [6.45, 7) is 1.57. The maximum Gasteiger partial charge on any atom is 0.246 e. The normalized spacial score (nSPS) is 20.0. The van der Waals surface area contributed by atoms with Gasteiger partial charge in [-0.25, -0.2) is 8.42 Å². The van der Waals surface area contributed by atoms with Crippen molar-refractivity contribution in [3.8, 4) is 0 Å². The van der Waals surface area contributed by atoms with Crippen molar-refractivity contribution < 1.29 is 8.42 Å². The molecule has 1 aromatic rings. The predicted molar refractivity (Wildman–Crippen MR) is 88.9 cm³/mol. The number of benzene rings is 1. The van der Waals surface area contributed by atoms with Crippen LogP contribution in [0.4, 0.5) is 0 Å². The van der Waals surface area contributed by atoms with Gasteiger partial charge in [-0.05, 0) is 43.9 Å². The van der Waals surface area contributed by atoms with Gasteiger partial charge < -0.3 is 5.73 Å². The smallest absolute Gasteiger partial charge is 0.246 e. The van der Waals surface area contributed by atoms with Gasteiger partial charge in [0.05, 0.1) is 10.0 Å². The van der Waals surface area contributed by atoms with E-state index in [0.717, 1.165) is 19.3 Å². The van der Waals surface area contributed by atoms with Crippen molar-refractivity contribution in [3.05, 3.63) is 28.2 Å². The Morgan fingerprint density at radius 2 is 1.90 bits per heavy atom. The van der Waals surface area contributed by atoms with Gasteiger partial charge >= 0.3 is 0 Å². The second-order valence-electron chi connectivity index (χ2n) is 5.00. The number of hydrogen-bond donors (Lipinski definition) is 1. The molecule has 0 aromatic heterocycles. The molecule has 1 fully saturated rings. The lowest BCUT2D eigenvalue weighted by molar-refractivity contribution is 0.258. The van der Waals surface area contributed by atoms with Crippen LogP contribution in [0.3, 0.4) is 0 Å². The van der Waals surface area contributed by atoms with E-state index in [9.17, 15) is 8.42 Å². The summed E-state index contributed by atoms with van der Waals surface area (Å²) in [7, 11) is -3.65. The monoisotopic (exact) mass is 372 g/mol. The van der Waals surface area contributed by atoms with E-state index in [1.54, 1.807) is 18.2 Å². The molecule has 0 bridgehead atoms. The summed E-state index contributed by atoms with van der Waals surface area (Å²) in [5.41, 5.74) is 5.56. The van der Waals surface area contributed by atoms with Gasteiger partial charge in [0.2, 0.25) is 10.0 Å². The minimum absolute atomic E-state index is 0. The van der Waals surface area contributed by atoms with Crippen LogP contribution >= 0.6 is 35.6 Å². The summed E-state index contributed by atoms with van der Waals surface area (Å²) in [6.07, 6.45) is 2.69. The minimum atomic E-state index is -3.65. The third-order valence-electron chi connectivity index (χ3n) is 3.57. The Bertz CT molecular complexity index is 559. The topological polar surface area (TPSA) is 63.4 Å². The van der Waals surface area contributed by atoms with Crippen LogP contribution in [0.2, 0.25) is 10.0 Å². The van der Waals surface area contributed by atoms with Crippen molar-refractivity contribution in [2.75, 3.05) is 19.6 Å². The van der Waals surface area contributed by atoms with E-state index in [-0.39, 0.29) is 27.3 Å². The van der Waals surface area contributed by atoms with Crippen LogP contribution in [-0.4, -0.2) is 32.4 Å². The van der Waals surface area contributed by atoms with Crippen LogP contribution in [0.1, 0.15) is 19.3 Å². The SMILES string of the molecule is Cl.NCCC1CCCN(S(=O)(=O)c2c(Cl)cccc2Cl)C1. The lowest BCUT2D eigenvalue weighted by Crippen LogP contribution is -2.40. The number of nitrogens with two attached hydrogens (primary N) is 1. The van der Waals surface area contributed by atoms with Crippen LogP contribution in [0.5, 0.6) is 0 Å². The molecule has 1 saturated heterocycles. The lowest BCUT2D eigenvalue weighted by Gasteiger charge is -2.32. The molecule has 1 heterocycles. The molecule has 1 aliphatic rings. The van der Waals surface area contributed by atoms with Crippen molar-refractivity contribution >= 4 is 45.6 Å². The molecule has 8 heteroatoms. The molecule has 0 saturated carbocycles. The van der Waals surface area contributed by atoms with Gasteiger partial charge in [0.25, 0.3) is 0 Å². The van der Waals surface area contributed by atoms with E-state index in [4.69, 9.17) is 28.9 Å². The van der Waals surface area contributed by atoms with Gasteiger partial charge in [0.15, 0.2) is 0 Å². The Hall–Kier alpha value is -0.0400. The lowest BCUT2D eigenvalue weighted by atomic mass is 9.96. The van der Waals surface area contributed by atoms with Crippen LogP contribution in [0.15, 0.2) is 23.1 Å². The van der Waals surface area contributed by atoms with Crippen molar-refractivity contribution in [1.82, 2.24) is 4.31 Å². The maximum atomic E-state index is 12.7. The van der Waals surface area contributed by atoms with Gasteiger partial charge in [-0.2, -0.15) is 4.31 Å². The Morgan fingerprint density at radius 1 is 1.29 bits per heavy atom. The fourth-order valence-corrected chi connectivity index (χ4v) is 5.22. The first-order chi connectivity index (χ1) is 9.46. The minimum Gasteiger partial charge on any atom is -0.330 e. The zero-order valence-electron chi connectivity index (χ0n) is 11.5. The second kappa shape index (κ2) is 7.99. The molecule has 2 N–H and O–H groups in total. The molecule has 1 aromatic carbocycles. The van der Waals surface area contributed by atoms with E-state index in [2.05, 4.69) is 0 Å². The molecule has 4 nitrogen and oxygen atoms in total. The molecule has 0 spiro atoms. The van der Waals surface area contributed by atoms with E-state index in [1.165, 1.54) is 4.31 Å². The molecule has 2 rings (SSSR count). The van der Waals surface area contributed by atoms with Gasteiger partial charge in [0.1, 0.15) is 4.90 Å². The number of piperidine rings is 1. The van der Waals surface area contributed by atoms with Crippen molar-refractivity contribution in [2.24, 2.45) is 11.7 Å². The molecular weight excluding hydrogens is 355 g/mol. The van der Waals surface area contributed by atoms with E-state index < -0.39 is 10.0 Å². The Balaban J connectivity index is 0.00000220. The molecule has 0 radical (unpaired) electrons. The number of nitrogens with zero attached hydrogens (tertiary/aromatic N) is 1. The number of hydrogen-bond acceptors (Lipinski definition) is 3. The zero-order valence-corrected chi connectivity index (χ0v) is 14.6. The van der Waals surface area contributed by atoms with Crippen molar-refractivity contribution in [1.29, 1.82) is 0 Å². The van der Waals surface area contributed by atoms with Crippen LogP contribution in [-0.2, 0) is 10.0 Å². The van der Waals surface area contributed by atoms with E-state index >= 15 is 0 Å². The Kier molecular flexibility index (Phi) is 7.24. The number of halogens is 3. The Labute approximate surface area is 142 Å². The predicted octanol–water partition coefficient (Wildman–Crippen LogP) is 3.16. The largest absolute Gasteiger partial charge is 0.330 e. The molecule has 21 heavy (non-hydrogen) atoms. The van der Waals surface area contributed by atoms with Crippen molar-refractivity contribution in [3.63, 3.8) is 0 Å². The Morgan fingerprint density at radius 3 is 2.48 bits per heavy atom. The molecule has 1 atom stereocenters. The standard InChI is InChI=1S/C13H18Cl2N2O2S.ClH/c14-11-4-1-5-12(15)13(11)20(18,19)17-8-2-3-10(9-17)6-7-16;/h1,4-5,10H,2-3,6-9,16H2;1H. The zero-order chi connectivity index (χ0) is 14.8. The summed E-state index contributed by atoms with van der Waals surface area (Å²) in [5, 5.41) is 0.330. The number of rotatable bonds is 4. The maximum absolute atomic E-state index is 12.7. The summed E-state index contributed by atoms with van der Waals surface area (Å²) >= 11 is 12.0. The van der Waals surface area contributed by atoms with Gasteiger partial charge in [-0.1, -0.05) is 29.3 Å². The van der Waals surface area contributed by atoms with Gasteiger partial charge in [-0.3, -0.25) is 0 Å². The summed E-state index contributed by atoms with van der Waals surface area (Å²) in [4.78, 5) is 0.0109. The third kappa shape index (κ3) is 4.24. The second-order valence-corrected chi connectivity index (χ2v) is 7.69. The average molecular weight is 374 g/mol. The highest BCUT2D eigenvalue weighted by molar-refractivity contribution is 7.89. The average Bonchev–Trinajstić information content (AvgIpc) is 2.39. The molecule has 1 aliphatic heterocycles. The molecule has 0 amide bonds. The highest BCUT2D eigenvalue weighted by atomic mass is 35.5. The molecule has 1 unspecified atom stereocenters. The van der Waals surface area contributed by atoms with Crippen LogP contribution in [0, 0.1) is 5.92 Å². The van der Waals surface area contributed by atoms with Crippen LogP contribution < -0.4 is 5.73 Å². The van der Waals surface area contributed by atoms with Crippen molar-refractivity contribution in [2.45, 2.75) is 24.2 Å². The number of sulfonamides is 1. The quantitative estimate of drug-likeness (QED) is 0.881. The first-order valence-electron chi connectivity index (χ1n) is 6.61. The first-order valence-corrected chi connectivity index (χ1v) is 8.80. The van der Waals surface area contributed by atoms with Gasteiger partial charge in [0, 0.05) is 13.1 Å². The highest BCUT2D eigenvalue weighted by Crippen LogP contribution is 2.33. The summed E-state index contributed by atoms with van der Waals surface area (Å²) in [5.74, 6) is 0.310. The first kappa shape index (κ1) is 19.0. The molecular formula is C13H19Cl3N2O2S. The van der Waals surface area contributed by atoms with E-state index in [0.29, 0.717) is 25.6 Å². The third-order valence-corrected chi connectivity index (χ3v) is 6.39. The highest BCUT2D eigenvalue weighted by Gasteiger charge is 2.32. The molecule has 120 valence electrons. The summed E-state index contributed by atoms with van der Waals surface area (Å²) in [6, 6.07) is 4.72. The summed E-state index contributed by atoms with van der Waals surface area (Å²) < 4.78 is 26.9. The van der Waals surface area contributed by atoms with Gasteiger partial charge in [-0.15, -0.1) is 12.4 Å².